The van der Waals surface area contributed by atoms with Gasteiger partial charge in [-0.1, -0.05) is 11.6 Å². The molecular formula is C14H19ClN2O3S. The summed E-state index contributed by atoms with van der Waals surface area (Å²) in [7, 11) is -3.62. The van der Waals surface area contributed by atoms with E-state index in [4.69, 9.17) is 11.6 Å². The molecule has 1 aromatic carbocycles. The van der Waals surface area contributed by atoms with Crippen LogP contribution in [0.2, 0.25) is 5.02 Å². The lowest BCUT2D eigenvalue weighted by Crippen LogP contribution is -2.46. The number of amides is 1. The van der Waals surface area contributed by atoms with E-state index in [0.29, 0.717) is 22.6 Å². The van der Waals surface area contributed by atoms with E-state index < -0.39 is 10.0 Å². The highest BCUT2D eigenvalue weighted by atomic mass is 35.5. The van der Waals surface area contributed by atoms with Crippen LogP contribution in [0.15, 0.2) is 17.0 Å². The Bertz CT molecular complexity index is 635. The number of nitrogens with one attached hydrogen (secondary N) is 2. The molecule has 1 aliphatic heterocycles. The van der Waals surface area contributed by atoms with Gasteiger partial charge >= 0.3 is 0 Å². The smallest absolute Gasteiger partial charge is 0.241 e. The molecule has 0 spiro atoms. The fourth-order valence-electron chi connectivity index (χ4n) is 2.64. The molecule has 0 unspecified atom stereocenters. The van der Waals surface area contributed by atoms with Gasteiger partial charge in [-0.15, -0.1) is 0 Å². The Morgan fingerprint density at radius 1 is 1.33 bits per heavy atom. The average Bonchev–Trinajstić information content (AvgIpc) is 2.35. The van der Waals surface area contributed by atoms with Crippen LogP contribution in [-0.2, 0) is 14.8 Å². The lowest BCUT2D eigenvalue weighted by Gasteiger charge is -2.23. The second-order valence-electron chi connectivity index (χ2n) is 5.38. The summed E-state index contributed by atoms with van der Waals surface area (Å²) in [6.07, 6.45) is 2.09. The topological polar surface area (TPSA) is 75.3 Å². The maximum Gasteiger partial charge on any atom is 0.241 e. The van der Waals surface area contributed by atoms with Crippen LogP contribution < -0.4 is 10.0 Å². The molecule has 0 radical (unpaired) electrons. The van der Waals surface area contributed by atoms with Gasteiger partial charge in [-0.05, 0) is 49.9 Å². The summed E-state index contributed by atoms with van der Waals surface area (Å²) in [5.41, 5.74) is 1.22. The second-order valence-corrected chi connectivity index (χ2v) is 7.52. The monoisotopic (exact) mass is 330 g/mol. The standard InChI is InChI=1S/C14H19ClN2O3S/c1-9-6-11(15)7-10(2)14(9)21(19,20)16-8-12-4-3-5-13(18)17-12/h6-7,12,16H,3-5,8H2,1-2H3,(H,17,18)/t12-/m1/s1. The van der Waals surface area contributed by atoms with Gasteiger partial charge in [0.15, 0.2) is 0 Å². The van der Waals surface area contributed by atoms with Crippen LogP contribution in [-0.4, -0.2) is 26.9 Å². The number of rotatable bonds is 4. The third-order valence-corrected chi connectivity index (χ3v) is 5.48. The largest absolute Gasteiger partial charge is 0.352 e. The molecule has 0 aliphatic carbocycles. The number of aryl methyl sites for hydroxylation is 2. The molecule has 1 aromatic rings. The van der Waals surface area contributed by atoms with Gasteiger partial charge in [-0.3, -0.25) is 4.79 Å². The number of halogens is 1. The first-order chi connectivity index (χ1) is 9.79. The van der Waals surface area contributed by atoms with Gasteiger partial charge in [0.1, 0.15) is 0 Å². The lowest BCUT2D eigenvalue weighted by molar-refractivity contribution is -0.123. The highest BCUT2D eigenvalue weighted by Crippen LogP contribution is 2.24. The van der Waals surface area contributed by atoms with Crippen LogP contribution in [0.25, 0.3) is 0 Å². The highest BCUT2D eigenvalue weighted by molar-refractivity contribution is 7.89. The molecule has 1 saturated heterocycles. The minimum atomic E-state index is -3.62. The maximum absolute atomic E-state index is 12.4. The fourth-order valence-corrected chi connectivity index (χ4v) is 4.50. The van der Waals surface area contributed by atoms with Gasteiger partial charge in [0.05, 0.1) is 4.90 Å². The van der Waals surface area contributed by atoms with Gasteiger partial charge in [0, 0.05) is 24.0 Å². The van der Waals surface area contributed by atoms with Gasteiger partial charge in [-0.2, -0.15) is 0 Å². The van der Waals surface area contributed by atoms with E-state index in [0.717, 1.165) is 12.8 Å². The Kier molecular flexibility index (Phi) is 4.91. The lowest BCUT2D eigenvalue weighted by atomic mass is 10.1. The molecule has 7 heteroatoms. The van der Waals surface area contributed by atoms with Crippen molar-refractivity contribution in [1.82, 2.24) is 10.0 Å². The second kappa shape index (κ2) is 6.34. The number of benzene rings is 1. The molecule has 21 heavy (non-hydrogen) atoms. The zero-order chi connectivity index (χ0) is 15.6. The molecule has 2 N–H and O–H groups in total. The molecule has 0 saturated carbocycles. The summed E-state index contributed by atoms with van der Waals surface area (Å²) >= 11 is 5.92. The minimum Gasteiger partial charge on any atom is -0.352 e. The number of hydrogen-bond donors (Lipinski definition) is 2. The predicted octanol–water partition coefficient (Wildman–Crippen LogP) is 1.90. The molecule has 1 fully saturated rings. The fraction of sp³-hybridized carbons (Fsp3) is 0.500. The van der Waals surface area contributed by atoms with E-state index in [1.165, 1.54) is 0 Å². The summed E-state index contributed by atoms with van der Waals surface area (Å²) < 4.78 is 27.5. The molecule has 0 bridgehead atoms. The van der Waals surface area contributed by atoms with Gasteiger partial charge in [0.2, 0.25) is 15.9 Å². The molecule has 2 rings (SSSR count). The molecule has 1 aliphatic rings. The van der Waals surface area contributed by atoms with Crippen LogP contribution in [0.5, 0.6) is 0 Å². The van der Waals surface area contributed by atoms with Crippen LogP contribution in [0, 0.1) is 13.8 Å². The van der Waals surface area contributed by atoms with Gasteiger partial charge < -0.3 is 5.32 Å². The summed E-state index contributed by atoms with van der Waals surface area (Å²) in [6, 6.07) is 3.12. The number of piperidine rings is 1. The maximum atomic E-state index is 12.4. The SMILES string of the molecule is Cc1cc(Cl)cc(C)c1S(=O)(=O)NC[C@H]1CCCC(=O)N1. The first-order valence-electron chi connectivity index (χ1n) is 6.85. The van der Waals surface area contributed by atoms with Crippen molar-refractivity contribution in [2.24, 2.45) is 0 Å². The van der Waals surface area contributed by atoms with Crippen molar-refractivity contribution in [1.29, 1.82) is 0 Å². The van der Waals surface area contributed by atoms with E-state index in [2.05, 4.69) is 10.0 Å². The van der Waals surface area contributed by atoms with Crippen LogP contribution in [0.1, 0.15) is 30.4 Å². The van der Waals surface area contributed by atoms with Crippen molar-refractivity contribution in [2.75, 3.05) is 6.54 Å². The Morgan fingerprint density at radius 3 is 2.52 bits per heavy atom. The zero-order valence-electron chi connectivity index (χ0n) is 12.1. The van der Waals surface area contributed by atoms with Crippen molar-refractivity contribution in [2.45, 2.75) is 44.0 Å². The summed E-state index contributed by atoms with van der Waals surface area (Å²) in [5, 5.41) is 3.31. The number of hydrogen-bond acceptors (Lipinski definition) is 3. The minimum absolute atomic E-state index is 0.0238. The molecular weight excluding hydrogens is 312 g/mol. The van der Waals surface area contributed by atoms with Gasteiger partial charge in [-0.25, -0.2) is 13.1 Å². The van der Waals surface area contributed by atoms with E-state index in [-0.39, 0.29) is 23.4 Å². The summed E-state index contributed by atoms with van der Waals surface area (Å²) in [6.45, 7) is 3.64. The molecule has 1 amide bonds. The van der Waals surface area contributed by atoms with Crippen molar-refractivity contribution in [3.63, 3.8) is 0 Å². The summed E-state index contributed by atoms with van der Waals surface area (Å²) in [4.78, 5) is 11.6. The Balaban J connectivity index is 2.14. The molecule has 1 atom stereocenters. The Hall–Kier alpha value is -1.11. The zero-order valence-corrected chi connectivity index (χ0v) is 13.6. The number of carbonyl (C=O) groups excluding carboxylic acids is 1. The predicted molar refractivity (Wildman–Crippen MR) is 81.9 cm³/mol. The van der Waals surface area contributed by atoms with E-state index in [9.17, 15) is 13.2 Å². The molecule has 1 heterocycles. The first-order valence-corrected chi connectivity index (χ1v) is 8.71. The van der Waals surface area contributed by atoms with E-state index >= 15 is 0 Å². The molecule has 0 aromatic heterocycles. The van der Waals surface area contributed by atoms with Crippen molar-refractivity contribution >= 4 is 27.5 Å². The third kappa shape index (κ3) is 3.96. The van der Waals surface area contributed by atoms with Crippen molar-refractivity contribution in [3.8, 4) is 0 Å². The number of sulfonamides is 1. The quantitative estimate of drug-likeness (QED) is 0.885. The van der Waals surface area contributed by atoms with E-state index in [1.54, 1.807) is 26.0 Å². The van der Waals surface area contributed by atoms with E-state index in [1.807, 2.05) is 0 Å². The Morgan fingerprint density at radius 2 is 1.95 bits per heavy atom. The third-order valence-electron chi connectivity index (χ3n) is 3.54. The van der Waals surface area contributed by atoms with Crippen LogP contribution >= 0.6 is 11.6 Å². The van der Waals surface area contributed by atoms with Crippen molar-refractivity contribution < 1.29 is 13.2 Å². The normalized spacial score (nSPS) is 19.4. The highest BCUT2D eigenvalue weighted by Gasteiger charge is 2.23. The van der Waals surface area contributed by atoms with Gasteiger partial charge in [0.25, 0.3) is 0 Å². The number of carbonyl (C=O) groups is 1. The first kappa shape index (κ1) is 16.3. The molecule has 5 nitrogen and oxygen atoms in total. The Labute approximate surface area is 130 Å². The van der Waals surface area contributed by atoms with Crippen LogP contribution in [0.3, 0.4) is 0 Å². The van der Waals surface area contributed by atoms with Crippen LogP contribution in [0.4, 0.5) is 0 Å². The summed E-state index contributed by atoms with van der Waals surface area (Å²) in [5.74, 6) is -0.0238. The average molecular weight is 331 g/mol. The van der Waals surface area contributed by atoms with Crippen molar-refractivity contribution in [3.05, 3.63) is 28.3 Å². The molecule has 116 valence electrons.